The Kier molecular flexibility index (Phi) is 11.6. The van der Waals surface area contributed by atoms with Gasteiger partial charge in [0.05, 0.1) is 14.3 Å². The molecule has 0 aromatic carbocycles. The molecule has 0 spiro atoms. The lowest BCUT2D eigenvalue weighted by atomic mass is 9.99. The van der Waals surface area contributed by atoms with Crippen molar-refractivity contribution in [3.63, 3.8) is 0 Å². The molecule has 2 nitrogen and oxygen atoms in total. The van der Waals surface area contributed by atoms with Gasteiger partial charge in [-0.3, -0.25) is 0 Å². The molecule has 0 aliphatic heterocycles. The average Bonchev–Trinajstić information content (AvgIpc) is 2.79. The van der Waals surface area contributed by atoms with E-state index in [4.69, 9.17) is 0 Å². The highest BCUT2D eigenvalue weighted by atomic mass is 31.2. The van der Waals surface area contributed by atoms with E-state index in [9.17, 15) is 9.13 Å². The predicted octanol–water partition coefficient (Wildman–Crippen LogP) is 9.15. The SMILES string of the molecule is CCCCP(C)(=O)CC.O=P(C1CCCCC1)(C1CCCCC1)C1CCCCC1. The molecule has 1 unspecified atom stereocenters. The Bertz CT molecular complexity index is 475. The summed E-state index contributed by atoms with van der Waals surface area (Å²) in [6, 6.07) is 0. The first-order valence-corrected chi connectivity index (χ1v) is 17.5. The second kappa shape index (κ2) is 13.1. The third kappa shape index (κ3) is 7.83. The van der Waals surface area contributed by atoms with Crippen LogP contribution in [0, 0.1) is 0 Å². The van der Waals surface area contributed by atoms with Crippen molar-refractivity contribution in [2.45, 2.75) is 140 Å². The molecule has 3 aliphatic rings. The molecule has 3 aliphatic carbocycles. The zero-order valence-corrected chi connectivity index (χ0v) is 21.7. The smallest absolute Gasteiger partial charge is 0.0964 e. The molecule has 0 amide bonds. The summed E-state index contributed by atoms with van der Waals surface area (Å²) in [5.41, 5.74) is 1.88. The first-order valence-electron chi connectivity index (χ1n) is 13.1. The minimum atomic E-state index is -1.95. The van der Waals surface area contributed by atoms with Crippen molar-refractivity contribution in [1.29, 1.82) is 0 Å². The third-order valence-corrected chi connectivity index (χ3v) is 15.7. The molecule has 29 heavy (non-hydrogen) atoms. The van der Waals surface area contributed by atoms with Gasteiger partial charge in [0.2, 0.25) is 0 Å². The molecule has 0 N–H and O–H groups in total. The van der Waals surface area contributed by atoms with Crippen LogP contribution in [-0.4, -0.2) is 36.0 Å². The molecule has 0 aromatic rings. The fourth-order valence-electron chi connectivity index (χ4n) is 6.00. The van der Waals surface area contributed by atoms with Crippen molar-refractivity contribution in [3.8, 4) is 0 Å². The maximum Gasteiger partial charge on any atom is 0.0964 e. The van der Waals surface area contributed by atoms with E-state index in [0.29, 0.717) is 17.0 Å². The summed E-state index contributed by atoms with van der Waals surface area (Å²) < 4.78 is 25.6. The molecule has 1 atom stereocenters. The van der Waals surface area contributed by atoms with Crippen LogP contribution in [0.5, 0.6) is 0 Å². The van der Waals surface area contributed by atoms with E-state index in [1.54, 1.807) is 0 Å². The lowest BCUT2D eigenvalue weighted by Gasteiger charge is -2.44. The molecule has 172 valence electrons. The van der Waals surface area contributed by atoms with Crippen molar-refractivity contribution in [2.24, 2.45) is 0 Å². The molecule has 0 saturated heterocycles. The van der Waals surface area contributed by atoms with E-state index in [-0.39, 0.29) is 0 Å². The molecule has 0 radical (unpaired) electrons. The highest BCUT2D eigenvalue weighted by Gasteiger charge is 2.46. The molecule has 3 rings (SSSR count). The monoisotopic (exact) mass is 444 g/mol. The molecular formula is C25H50O2P2. The predicted molar refractivity (Wildman–Crippen MR) is 132 cm³/mol. The van der Waals surface area contributed by atoms with Crippen LogP contribution in [0.3, 0.4) is 0 Å². The highest BCUT2D eigenvalue weighted by molar-refractivity contribution is 7.66. The van der Waals surface area contributed by atoms with Crippen LogP contribution < -0.4 is 0 Å². The molecule has 0 bridgehead atoms. The van der Waals surface area contributed by atoms with E-state index in [1.807, 2.05) is 13.6 Å². The van der Waals surface area contributed by atoms with Gasteiger partial charge in [-0.15, -0.1) is 0 Å². The van der Waals surface area contributed by atoms with Gasteiger partial charge in [-0.2, -0.15) is 0 Å². The van der Waals surface area contributed by atoms with Gasteiger partial charge in [0.15, 0.2) is 0 Å². The van der Waals surface area contributed by atoms with Crippen LogP contribution in [-0.2, 0) is 9.13 Å². The van der Waals surface area contributed by atoms with Gasteiger partial charge >= 0.3 is 0 Å². The standard InChI is InChI=1S/C18H33OP.C7H17OP/c19-20(16-10-4-1-5-11-16,17-12-6-2-7-13-17)18-14-8-3-9-15-18;1-4-6-7-9(3,8)5-2/h16-18H,1-15H2;4-7H2,1-3H3. The summed E-state index contributed by atoms with van der Waals surface area (Å²) in [7, 11) is -3.64. The second-order valence-corrected chi connectivity index (χ2v) is 17.7. The van der Waals surface area contributed by atoms with Crippen LogP contribution in [0.25, 0.3) is 0 Å². The number of unbranched alkanes of at least 4 members (excludes halogenated alkanes) is 1. The Morgan fingerprint density at radius 1 is 0.621 bits per heavy atom. The molecule has 0 heterocycles. The summed E-state index contributed by atoms with van der Waals surface area (Å²) in [6.45, 7) is 6.05. The van der Waals surface area contributed by atoms with Crippen LogP contribution in [0.2, 0.25) is 0 Å². The Morgan fingerprint density at radius 3 is 1.24 bits per heavy atom. The molecule has 4 heteroatoms. The zero-order chi connectivity index (χ0) is 21.2. The first kappa shape index (κ1) is 25.7. The largest absolute Gasteiger partial charge is 0.324 e. The minimum absolute atomic E-state index is 0.627. The lowest BCUT2D eigenvalue weighted by Crippen LogP contribution is -2.31. The minimum Gasteiger partial charge on any atom is -0.324 e. The number of hydrogen-bond acceptors (Lipinski definition) is 2. The van der Waals surface area contributed by atoms with Crippen molar-refractivity contribution in [2.75, 3.05) is 19.0 Å². The van der Waals surface area contributed by atoms with Crippen LogP contribution >= 0.6 is 14.3 Å². The summed E-state index contributed by atoms with van der Waals surface area (Å²) in [5.74, 6) is 0. The summed E-state index contributed by atoms with van der Waals surface area (Å²) in [5, 5.41) is 0. The van der Waals surface area contributed by atoms with E-state index in [0.717, 1.165) is 25.2 Å². The van der Waals surface area contributed by atoms with Gasteiger partial charge in [0, 0.05) is 23.1 Å². The molecule has 0 aromatic heterocycles. The number of hydrogen-bond donors (Lipinski definition) is 0. The van der Waals surface area contributed by atoms with E-state index in [2.05, 4.69) is 6.92 Å². The maximum absolute atomic E-state index is 14.3. The Hall–Kier alpha value is 0.460. The Balaban J connectivity index is 0.000000284. The fourth-order valence-corrected chi connectivity index (χ4v) is 12.6. The maximum atomic E-state index is 14.3. The Morgan fingerprint density at radius 2 is 0.966 bits per heavy atom. The van der Waals surface area contributed by atoms with Gasteiger partial charge in [-0.1, -0.05) is 78.1 Å². The van der Waals surface area contributed by atoms with E-state index < -0.39 is 14.3 Å². The molecule has 3 fully saturated rings. The highest BCUT2D eigenvalue weighted by Crippen LogP contribution is 2.68. The van der Waals surface area contributed by atoms with Gasteiger partial charge < -0.3 is 9.13 Å². The van der Waals surface area contributed by atoms with Gasteiger partial charge in [-0.05, 0) is 57.8 Å². The van der Waals surface area contributed by atoms with Crippen molar-refractivity contribution in [3.05, 3.63) is 0 Å². The summed E-state index contributed by atoms with van der Waals surface area (Å²) in [4.78, 5) is 0. The van der Waals surface area contributed by atoms with Crippen molar-refractivity contribution >= 4 is 14.3 Å². The zero-order valence-electron chi connectivity index (χ0n) is 19.9. The second-order valence-electron chi connectivity index (χ2n) is 10.3. The average molecular weight is 445 g/mol. The Labute approximate surface area is 182 Å². The quantitative estimate of drug-likeness (QED) is 0.367. The summed E-state index contributed by atoms with van der Waals surface area (Å²) in [6.07, 6.45) is 24.2. The van der Waals surface area contributed by atoms with Crippen LogP contribution in [0.15, 0.2) is 0 Å². The van der Waals surface area contributed by atoms with Crippen LogP contribution in [0.4, 0.5) is 0 Å². The van der Waals surface area contributed by atoms with Gasteiger partial charge in [-0.25, -0.2) is 0 Å². The van der Waals surface area contributed by atoms with E-state index in [1.165, 1.54) is 96.3 Å². The van der Waals surface area contributed by atoms with Gasteiger partial charge in [0.25, 0.3) is 0 Å². The molecular weight excluding hydrogens is 394 g/mol. The van der Waals surface area contributed by atoms with Crippen molar-refractivity contribution in [1.82, 2.24) is 0 Å². The number of rotatable bonds is 7. The normalized spacial score (nSPS) is 25.1. The van der Waals surface area contributed by atoms with E-state index >= 15 is 0 Å². The third-order valence-electron chi connectivity index (χ3n) is 8.09. The van der Waals surface area contributed by atoms with Crippen molar-refractivity contribution < 1.29 is 9.13 Å². The first-order chi connectivity index (χ1) is 13.9. The lowest BCUT2D eigenvalue weighted by molar-refractivity contribution is 0.418. The van der Waals surface area contributed by atoms with Crippen LogP contribution in [0.1, 0.15) is 123 Å². The summed E-state index contributed by atoms with van der Waals surface area (Å²) >= 11 is 0. The molecule has 3 saturated carbocycles. The fraction of sp³-hybridized carbons (Fsp3) is 1.00. The van der Waals surface area contributed by atoms with Gasteiger partial charge in [0.1, 0.15) is 0 Å². The topological polar surface area (TPSA) is 34.1 Å².